The number of hydrogen-bond acceptors (Lipinski definition) is 15. The quantitative estimate of drug-likeness (QED) is 0.0169. The number of unbranched alkanes of at least 4 members (excludes halogenated alkanes) is 31. The number of phosphoric ester groups is 2. The third-order valence-electron chi connectivity index (χ3n) is 16.7. The molecular formula is C83H144O17P2. The zero-order valence-electron chi connectivity index (χ0n) is 64.3. The number of carbonyl (C=O) groups excluding carboxylic acids is 4. The average Bonchev–Trinajstić information content (AvgIpc) is 0.923. The zero-order chi connectivity index (χ0) is 74.6. The van der Waals surface area contributed by atoms with Gasteiger partial charge >= 0.3 is 39.5 Å². The van der Waals surface area contributed by atoms with Crippen LogP contribution in [-0.4, -0.2) is 96.7 Å². The summed E-state index contributed by atoms with van der Waals surface area (Å²) in [6.07, 6.45) is 80.6. The number of rotatable bonds is 75. The minimum Gasteiger partial charge on any atom is -0.462 e. The van der Waals surface area contributed by atoms with E-state index >= 15 is 0 Å². The molecule has 0 aromatic heterocycles. The number of hydrogen-bond donors (Lipinski definition) is 3. The summed E-state index contributed by atoms with van der Waals surface area (Å²) in [5.74, 6) is -2.26. The lowest BCUT2D eigenvalue weighted by Crippen LogP contribution is -2.30. The van der Waals surface area contributed by atoms with Crippen LogP contribution in [0.15, 0.2) is 109 Å². The van der Waals surface area contributed by atoms with Crippen molar-refractivity contribution in [1.29, 1.82) is 0 Å². The highest BCUT2D eigenvalue weighted by molar-refractivity contribution is 7.47. The van der Waals surface area contributed by atoms with Crippen LogP contribution in [0.25, 0.3) is 0 Å². The monoisotopic (exact) mass is 1470 g/mol. The molecule has 0 aromatic carbocycles. The van der Waals surface area contributed by atoms with Crippen molar-refractivity contribution in [3.05, 3.63) is 109 Å². The molecule has 19 heteroatoms. The van der Waals surface area contributed by atoms with Crippen LogP contribution in [-0.2, 0) is 65.4 Å². The molecule has 0 heterocycles. The van der Waals surface area contributed by atoms with E-state index in [0.717, 1.165) is 167 Å². The molecule has 2 unspecified atom stereocenters. The third-order valence-corrected chi connectivity index (χ3v) is 18.6. The van der Waals surface area contributed by atoms with E-state index in [-0.39, 0.29) is 25.7 Å². The molecule has 102 heavy (non-hydrogen) atoms. The minimum absolute atomic E-state index is 0.0741. The van der Waals surface area contributed by atoms with Crippen molar-refractivity contribution in [2.75, 3.05) is 39.6 Å². The lowest BCUT2D eigenvalue weighted by Gasteiger charge is -2.21. The van der Waals surface area contributed by atoms with Crippen molar-refractivity contribution in [3.8, 4) is 0 Å². The van der Waals surface area contributed by atoms with Gasteiger partial charge in [0.2, 0.25) is 0 Å². The Morgan fingerprint density at radius 3 is 0.804 bits per heavy atom. The van der Waals surface area contributed by atoms with Gasteiger partial charge in [-0.15, -0.1) is 0 Å². The van der Waals surface area contributed by atoms with E-state index in [0.29, 0.717) is 32.1 Å². The summed E-state index contributed by atoms with van der Waals surface area (Å²) in [7, 11) is -9.98. The topological polar surface area (TPSA) is 237 Å². The van der Waals surface area contributed by atoms with E-state index in [1.165, 1.54) is 83.5 Å². The SMILES string of the molecule is CCCCC/C=C\C/C=C\C/C=C\C/C=C\CCCC(=O)OC[C@H](COP(=O)(O)OC[C@@H](O)COP(=O)(O)OC[C@@H](COC(=O)CCCCCCC/C=C\C/C=C\CCCCC)OC(=O)CCCCCCC/C=C\C/C=C\CCCCC)OC(=O)CCCCCCCCC/C=C\CCCCCC. The van der Waals surface area contributed by atoms with Crippen molar-refractivity contribution in [2.45, 2.75) is 354 Å². The first kappa shape index (κ1) is 97.7. The maximum atomic E-state index is 13.1. The Labute approximate surface area is 619 Å². The molecule has 0 radical (unpaired) electrons. The molecule has 17 nitrogen and oxygen atoms in total. The van der Waals surface area contributed by atoms with Gasteiger partial charge < -0.3 is 33.8 Å². The van der Waals surface area contributed by atoms with Crippen molar-refractivity contribution in [3.63, 3.8) is 0 Å². The van der Waals surface area contributed by atoms with Gasteiger partial charge in [-0.05, 0) is 154 Å². The van der Waals surface area contributed by atoms with Crippen LogP contribution < -0.4 is 0 Å². The van der Waals surface area contributed by atoms with Crippen molar-refractivity contribution >= 4 is 39.5 Å². The first-order chi connectivity index (χ1) is 49.7. The maximum Gasteiger partial charge on any atom is 0.472 e. The lowest BCUT2D eigenvalue weighted by atomic mass is 10.1. The van der Waals surface area contributed by atoms with Gasteiger partial charge in [0.1, 0.15) is 19.3 Å². The Morgan fingerprint density at radius 2 is 0.490 bits per heavy atom. The second-order valence-corrected chi connectivity index (χ2v) is 29.5. The molecule has 0 aromatic rings. The summed E-state index contributed by atoms with van der Waals surface area (Å²) >= 11 is 0. The fourth-order valence-electron chi connectivity index (χ4n) is 10.5. The van der Waals surface area contributed by atoms with Gasteiger partial charge in [-0.1, -0.05) is 265 Å². The normalized spacial score (nSPS) is 14.5. The lowest BCUT2D eigenvalue weighted by molar-refractivity contribution is -0.161. The van der Waals surface area contributed by atoms with E-state index in [2.05, 4.69) is 125 Å². The van der Waals surface area contributed by atoms with Gasteiger partial charge in [0.05, 0.1) is 26.4 Å². The highest BCUT2D eigenvalue weighted by Gasteiger charge is 2.30. The highest BCUT2D eigenvalue weighted by Crippen LogP contribution is 2.45. The van der Waals surface area contributed by atoms with Crippen molar-refractivity contribution in [2.24, 2.45) is 0 Å². The predicted molar refractivity (Wildman–Crippen MR) is 418 cm³/mol. The maximum absolute atomic E-state index is 13.1. The van der Waals surface area contributed by atoms with Crippen LogP contribution in [0, 0.1) is 0 Å². The Bertz CT molecular complexity index is 2360. The number of carbonyl (C=O) groups is 4. The Morgan fingerprint density at radius 1 is 0.275 bits per heavy atom. The molecule has 5 atom stereocenters. The number of phosphoric acid groups is 2. The molecule has 0 spiro atoms. The second-order valence-electron chi connectivity index (χ2n) is 26.6. The second kappa shape index (κ2) is 75.0. The van der Waals surface area contributed by atoms with Gasteiger partial charge in [0.15, 0.2) is 12.2 Å². The summed E-state index contributed by atoms with van der Waals surface area (Å²) in [6, 6.07) is 0. The Kier molecular flexibility index (Phi) is 71.8. The molecule has 0 aliphatic rings. The van der Waals surface area contributed by atoms with Crippen LogP contribution in [0.1, 0.15) is 336 Å². The van der Waals surface area contributed by atoms with E-state index in [1.54, 1.807) is 0 Å². The number of aliphatic hydroxyl groups excluding tert-OH is 1. The average molecular weight is 1480 g/mol. The fourth-order valence-corrected chi connectivity index (χ4v) is 12.1. The first-order valence-corrected chi connectivity index (χ1v) is 43.1. The number of aliphatic hydroxyl groups is 1. The summed E-state index contributed by atoms with van der Waals surface area (Å²) in [5.41, 5.74) is 0. The Balaban J connectivity index is 5.43. The van der Waals surface area contributed by atoms with Crippen LogP contribution >= 0.6 is 15.6 Å². The Hall–Kier alpha value is -4.28. The van der Waals surface area contributed by atoms with Gasteiger partial charge in [-0.3, -0.25) is 37.3 Å². The molecule has 0 bridgehead atoms. The van der Waals surface area contributed by atoms with Crippen LogP contribution in [0.2, 0.25) is 0 Å². The summed E-state index contributed by atoms with van der Waals surface area (Å²) in [6.45, 7) is 4.71. The van der Waals surface area contributed by atoms with Gasteiger partial charge in [-0.25, -0.2) is 9.13 Å². The molecule has 0 rings (SSSR count). The first-order valence-electron chi connectivity index (χ1n) is 40.1. The molecule has 588 valence electrons. The summed E-state index contributed by atoms with van der Waals surface area (Å²) in [5, 5.41) is 10.6. The molecule has 0 aliphatic heterocycles. The predicted octanol–water partition coefficient (Wildman–Crippen LogP) is 23.3. The number of esters is 4. The molecule has 0 saturated heterocycles. The number of ether oxygens (including phenoxy) is 4. The zero-order valence-corrected chi connectivity index (χ0v) is 66.0. The smallest absolute Gasteiger partial charge is 0.462 e. The summed E-state index contributed by atoms with van der Waals surface area (Å²) in [4.78, 5) is 73.0. The largest absolute Gasteiger partial charge is 0.472 e. The van der Waals surface area contributed by atoms with Gasteiger partial charge in [0.25, 0.3) is 0 Å². The standard InChI is InChI=1S/C83H144O17P2/c1-5-9-13-17-21-25-29-33-37-38-42-44-48-52-56-60-64-68-81(86)94-74-79(100-83(88)70-66-62-58-54-50-46-41-36-32-28-24-20-16-12-8-4)76-98-102(91,92)96-72-77(84)71-95-101(89,90)97-75-78(99-82(87)69-65-61-57-53-49-45-40-35-31-27-23-19-15-11-7-3)73-93-80(85)67-63-59-55-51-47-43-39-34-30-26-22-18-14-10-6-2/h21-23,25-28,32-35,37,39-40,42,44,52,56,77-79,84H,5-20,24,29-31,36,38,41,43,45-51,53-55,57-76H2,1-4H3,(H,89,90)(H,91,92)/b25-21-,26-22-,27-23-,32-28-,37-33-,39-34-,40-35-,44-42-,56-52-/t77-,78+,79+/m0/s1. The van der Waals surface area contributed by atoms with Crippen LogP contribution in [0.4, 0.5) is 0 Å². The molecule has 3 N–H and O–H groups in total. The van der Waals surface area contributed by atoms with Crippen molar-refractivity contribution in [1.82, 2.24) is 0 Å². The molecule has 0 amide bonds. The van der Waals surface area contributed by atoms with E-state index in [4.69, 9.17) is 37.0 Å². The highest BCUT2D eigenvalue weighted by atomic mass is 31.2. The third kappa shape index (κ3) is 74.0. The van der Waals surface area contributed by atoms with E-state index in [1.807, 2.05) is 12.2 Å². The fraction of sp³-hybridized carbons (Fsp3) is 0.735. The molecule has 0 aliphatic carbocycles. The number of allylic oxidation sites excluding steroid dienone is 18. The van der Waals surface area contributed by atoms with Gasteiger partial charge in [-0.2, -0.15) is 0 Å². The van der Waals surface area contributed by atoms with Gasteiger partial charge in [0, 0.05) is 25.7 Å². The molecule has 0 saturated carbocycles. The van der Waals surface area contributed by atoms with E-state index < -0.39 is 97.5 Å². The minimum atomic E-state index is -4.99. The van der Waals surface area contributed by atoms with E-state index in [9.17, 15) is 43.2 Å². The van der Waals surface area contributed by atoms with Crippen LogP contribution in [0.5, 0.6) is 0 Å². The molecule has 0 fully saturated rings. The van der Waals surface area contributed by atoms with Crippen molar-refractivity contribution < 1.29 is 80.2 Å². The molecular weight excluding hydrogens is 1330 g/mol. The van der Waals surface area contributed by atoms with Crippen LogP contribution in [0.3, 0.4) is 0 Å². The summed E-state index contributed by atoms with van der Waals surface area (Å²) < 4.78 is 68.5.